The number of fused-ring (bicyclic) bond motifs is 5. The number of nitriles is 1. The van der Waals surface area contributed by atoms with Gasteiger partial charge in [-0.3, -0.25) is 4.79 Å². The highest BCUT2D eigenvalue weighted by Gasteiger charge is 2.42. The van der Waals surface area contributed by atoms with Crippen LogP contribution in [-0.4, -0.2) is 4.57 Å². The van der Waals surface area contributed by atoms with E-state index in [1.807, 2.05) is 12.1 Å². The fraction of sp³-hybridized carbons (Fsp3) is 0.176. The minimum atomic E-state index is -0.332. The van der Waals surface area contributed by atoms with Gasteiger partial charge in [-0.05, 0) is 76.2 Å². The van der Waals surface area contributed by atoms with Gasteiger partial charge in [-0.1, -0.05) is 58.0 Å². The van der Waals surface area contributed by atoms with Gasteiger partial charge in [0, 0.05) is 22.7 Å². The van der Waals surface area contributed by atoms with Gasteiger partial charge in [-0.2, -0.15) is 5.26 Å². The summed E-state index contributed by atoms with van der Waals surface area (Å²) in [5.74, 6) is 0. The molecule has 0 amide bonds. The third-order valence-corrected chi connectivity index (χ3v) is 8.53. The number of benzene rings is 4. The summed E-state index contributed by atoms with van der Waals surface area (Å²) in [6.45, 7) is 8.94. The average Bonchev–Trinajstić information content (AvgIpc) is 3.35. The van der Waals surface area contributed by atoms with Gasteiger partial charge in [0.05, 0.1) is 21.9 Å². The average molecular weight is 495 g/mol. The second-order valence-electron chi connectivity index (χ2n) is 11.3. The zero-order valence-electron chi connectivity index (χ0n) is 21.8. The Kier molecular flexibility index (Phi) is 4.43. The third kappa shape index (κ3) is 2.87. The largest absolute Gasteiger partial charge is 0.456 e. The Hall–Kier alpha value is -4.62. The van der Waals surface area contributed by atoms with Crippen molar-refractivity contribution in [3.8, 4) is 11.8 Å². The summed E-state index contributed by atoms with van der Waals surface area (Å²) in [5, 5.41) is 11.7. The maximum atomic E-state index is 13.6. The van der Waals surface area contributed by atoms with Crippen LogP contribution in [0.15, 0.2) is 94.3 Å². The normalized spacial score (nSPS) is 15.3. The van der Waals surface area contributed by atoms with Crippen molar-refractivity contribution in [2.45, 2.75) is 38.5 Å². The topological polar surface area (TPSA) is 58.9 Å². The van der Waals surface area contributed by atoms with Crippen LogP contribution in [0.4, 0.5) is 0 Å². The van der Waals surface area contributed by atoms with Crippen LogP contribution in [0, 0.1) is 11.3 Å². The number of hydrogen-bond donors (Lipinski definition) is 0. The fourth-order valence-corrected chi connectivity index (χ4v) is 6.42. The fourth-order valence-electron chi connectivity index (χ4n) is 6.42. The summed E-state index contributed by atoms with van der Waals surface area (Å²) < 4.78 is 8.50. The van der Waals surface area contributed by atoms with Crippen molar-refractivity contribution in [2.75, 3.05) is 0 Å². The van der Waals surface area contributed by atoms with Gasteiger partial charge >= 0.3 is 0 Å². The Morgan fingerprint density at radius 2 is 1.50 bits per heavy atom. The van der Waals surface area contributed by atoms with Crippen LogP contribution in [0.5, 0.6) is 0 Å². The van der Waals surface area contributed by atoms with Gasteiger partial charge in [-0.25, -0.2) is 0 Å². The first-order valence-electron chi connectivity index (χ1n) is 12.9. The molecular weight excluding hydrogens is 468 g/mol. The van der Waals surface area contributed by atoms with Gasteiger partial charge in [0.1, 0.15) is 17.2 Å². The van der Waals surface area contributed by atoms with E-state index in [4.69, 9.17) is 4.42 Å². The van der Waals surface area contributed by atoms with E-state index in [0.29, 0.717) is 27.5 Å². The summed E-state index contributed by atoms with van der Waals surface area (Å²) in [5.41, 5.74) is 7.60. The summed E-state index contributed by atoms with van der Waals surface area (Å²) in [6, 6.07) is 28.7. The highest BCUT2D eigenvalue weighted by molar-refractivity contribution is 5.94. The SMILES string of the molecule is CC1(C)c2cc(-n3ccc4ccccc43)ccc2C(C)(C)c2cc3c(=O)c4c(C#N)cccc4oc3cc21. The molecule has 6 aromatic rings. The molecule has 4 heteroatoms. The van der Waals surface area contributed by atoms with E-state index in [9.17, 15) is 10.1 Å². The van der Waals surface area contributed by atoms with Gasteiger partial charge in [0.15, 0.2) is 0 Å². The zero-order valence-corrected chi connectivity index (χ0v) is 21.8. The molecule has 1 aliphatic carbocycles. The van der Waals surface area contributed by atoms with Gasteiger partial charge in [0.2, 0.25) is 5.43 Å². The van der Waals surface area contributed by atoms with Crippen LogP contribution >= 0.6 is 0 Å². The molecule has 4 aromatic carbocycles. The maximum Gasteiger partial charge on any atom is 0.201 e. The Labute approximate surface area is 220 Å². The van der Waals surface area contributed by atoms with E-state index in [-0.39, 0.29) is 16.3 Å². The van der Waals surface area contributed by atoms with Crippen LogP contribution in [0.3, 0.4) is 0 Å². The van der Waals surface area contributed by atoms with Gasteiger partial charge in [0.25, 0.3) is 0 Å². The molecule has 7 rings (SSSR count). The molecule has 1 aliphatic rings. The summed E-state index contributed by atoms with van der Waals surface area (Å²) >= 11 is 0. The van der Waals surface area contributed by atoms with E-state index < -0.39 is 0 Å². The molecular formula is C34H26N2O2. The first kappa shape index (κ1) is 22.6. The molecule has 0 N–H and O–H groups in total. The van der Waals surface area contributed by atoms with Crippen LogP contribution in [-0.2, 0) is 10.8 Å². The zero-order chi connectivity index (χ0) is 26.4. The summed E-state index contributed by atoms with van der Waals surface area (Å²) in [7, 11) is 0. The molecule has 4 nitrogen and oxygen atoms in total. The second kappa shape index (κ2) is 7.46. The summed E-state index contributed by atoms with van der Waals surface area (Å²) in [6.07, 6.45) is 2.13. The van der Waals surface area contributed by atoms with Crippen LogP contribution in [0.2, 0.25) is 0 Å². The standard InChI is InChI=1S/C34H26N2O2/c1-33(2)24-13-12-22(36-15-14-20-8-5-6-10-28(20)36)16-25(24)34(3,4)27-18-30-23(17-26(27)33)32(37)31-21(19-35)9-7-11-29(31)38-30/h5-18H,1-4H3. The molecule has 0 fully saturated rings. The number of aromatic nitrogens is 1. The molecule has 0 unspecified atom stereocenters. The second-order valence-corrected chi connectivity index (χ2v) is 11.3. The lowest BCUT2D eigenvalue weighted by Crippen LogP contribution is -2.36. The monoisotopic (exact) mass is 494 g/mol. The van der Waals surface area contributed by atoms with E-state index in [1.54, 1.807) is 18.2 Å². The lowest BCUT2D eigenvalue weighted by atomic mass is 9.60. The van der Waals surface area contributed by atoms with Crippen molar-refractivity contribution >= 4 is 32.8 Å². The molecule has 2 aromatic heterocycles. The molecule has 0 spiro atoms. The minimum Gasteiger partial charge on any atom is -0.456 e. The molecule has 0 radical (unpaired) electrons. The molecule has 0 saturated heterocycles. The number of nitrogens with zero attached hydrogens (tertiary/aromatic N) is 2. The Morgan fingerprint density at radius 1 is 0.763 bits per heavy atom. The molecule has 0 atom stereocenters. The van der Waals surface area contributed by atoms with Gasteiger partial charge in [-0.15, -0.1) is 0 Å². The van der Waals surface area contributed by atoms with Gasteiger partial charge < -0.3 is 8.98 Å². The third-order valence-electron chi connectivity index (χ3n) is 8.53. The van der Waals surface area contributed by atoms with E-state index >= 15 is 0 Å². The van der Waals surface area contributed by atoms with Crippen molar-refractivity contribution < 1.29 is 4.42 Å². The van der Waals surface area contributed by atoms with E-state index in [1.165, 1.54) is 22.0 Å². The van der Waals surface area contributed by atoms with Crippen molar-refractivity contribution in [3.05, 3.63) is 123 Å². The first-order chi connectivity index (χ1) is 18.2. The number of rotatable bonds is 1. The molecule has 38 heavy (non-hydrogen) atoms. The Balaban J connectivity index is 1.50. The van der Waals surface area contributed by atoms with Crippen molar-refractivity contribution in [1.82, 2.24) is 4.57 Å². The number of hydrogen-bond acceptors (Lipinski definition) is 3. The maximum absolute atomic E-state index is 13.6. The van der Waals surface area contributed by atoms with Crippen LogP contribution in [0.25, 0.3) is 38.5 Å². The molecule has 2 heterocycles. The highest BCUT2D eigenvalue weighted by atomic mass is 16.3. The number of para-hydroxylation sites is 1. The molecule has 0 saturated carbocycles. The smallest absolute Gasteiger partial charge is 0.201 e. The quantitative estimate of drug-likeness (QED) is 0.220. The summed E-state index contributed by atoms with van der Waals surface area (Å²) in [4.78, 5) is 13.6. The molecule has 0 aliphatic heterocycles. The minimum absolute atomic E-state index is 0.157. The van der Waals surface area contributed by atoms with Crippen molar-refractivity contribution in [2.24, 2.45) is 0 Å². The van der Waals surface area contributed by atoms with Crippen molar-refractivity contribution in [3.63, 3.8) is 0 Å². The predicted molar refractivity (Wildman–Crippen MR) is 152 cm³/mol. The van der Waals surface area contributed by atoms with E-state index in [0.717, 1.165) is 16.8 Å². The predicted octanol–water partition coefficient (Wildman–Crippen LogP) is 7.73. The Morgan fingerprint density at radius 3 is 2.32 bits per heavy atom. The lowest BCUT2D eigenvalue weighted by Gasteiger charge is -2.44. The van der Waals surface area contributed by atoms with Crippen LogP contribution in [0.1, 0.15) is 55.5 Å². The molecule has 0 bridgehead atoms. The van der Waals surface area contributed by atoms with Crippen molar-refractivity contribution in [1.29, 1.82) is 5.26 Å². The van der Waals surface area contributed by atoms with Crippen LogP contribution < -0.4 is 5.43 Å². The lowest BCUT2D eigenvalue weighted by molar-refractivity contribution is 0.519. The highest BCUT2D eigenvalue weighted by Crippen LogP contribution is 2.51. The Bertz CT molecular complexity index is 2070. The van der Waals surface area contributed by atoms with E-state index in [2.05, 4.69) is 93.1 Å². The first-order valence-corrected chi connectivity index (χ1v) is 12.9. The molecule has 184 valence electrons.